The van der Waals surface area contributed by atoms with E-state index in [1.807, 2.05) is 36.4 Å². The van der Waals surface area contributed by atoms with E-state index < -0.39 is 17.8 Å². The first-order valence-corrected chi connectivity index (χ1v) is 15.8. The molecule has 1 saturated carbocycles. The van der Waals surface area contributed by atoms with Crippen LogP contribution < -0.4 is 16.4 Å². The molecule has 9 nitrogen and oxygen atoms in total. The number of methoxy groups -OCH3 is 1. The predicted molar refractivity (Wildman–Crippen MR) is 170 cm³/mol. The molecule has 0 bridgehead atoms. The summed E-state index contributed by atoms with van der Waals surface area (Å²) in [4.78, 5) is 42.4. The molecule has 0 saturated heterocycles. The van der Waals surface area contributed by atoms with Crippen LogP contribution in [0.15, 0.2) is 57.7 Å². The van der Waals surface area contributed by atoms with Crippen LogP contribution in [-0.2, 0) is 27.2 Å². The van der Waals surface area contributed by atoms with Crippen molar-refractivity contribution in [2.75, 3.05) is 12.4 Å². The zero-order valence-electron chi connectivity index (χ0n) is 26.1. The Bertz CT molecular complexity index is 1500. The molecule has 2 N–H and O–H groups in total. The normalized spacial score (nSPS) is 16.0. The van der Waals surface area contributed by atoms with Gasteiger partial charge in [-0.05, 0) is 79.9 Å². The fourth-order valence-electron chi connectivity index (χ4n) is 6.41. The summed E-state index contributed by atoms with van der Waals surface area (Å²) in [5.74, 6) is -0.888. The molecule has 2 unspecified atom stereocenters. The Balaban J connectivity index is 1.58. The van der Waals surface area contributed by atoms with Gasteiger partial charge in [-0.15, -0.1) is 0 Å². The average Bonchev–Trinajstić information content (AvgIpc) is 3.06. The number of aryl methyl sites for hydroxylation is 2. The van der Waals surface area contributed by atoms with Gasteiger partial charge in [0.25, 0.3) is 0 Å². The first kappa shape index (κ1) is 32.7. The molecule has 4 rings (SSSR count). The van der Waals surface area contributed by atoms with E-state index >= 15 is 0 Å². The molecule has 44 heavy (non-hydrogen) atoms. The smallest absolute Gasteiger partial charge is 0.441 e. The molecular weight excluding hydrogens is 556 g/mol. The number of amides is 1. The lowest BCUT2D eigenvalue weighted by Gasteiger charge is -2.40. The number of anilines is 1. The van der Waals surface area contributed by atoms with Crippen molar-refractivity contribution in [3.05, 3.63) is 70.2 Å². The second-order valence-electron chi connectivity index (χ2n) is 12.0. The second kappa shape index (κ2) is 15.5. The van der Waals surface area contributed by atoms with Gasteiger partial charge >= 0.3 is 11.7 Å². The number of esters is 1. The molecule has 1 aromatic heterocycles. The van der Waals surface area contributed by atoms with Crippen molar-refractivity contribution < 1.29 is 18.7 Å². The Morgan fingerprint density at radius 2 is 1.82 bits per heavy atom. The quantitative estimate of drug-likeness (QED) is 0.212. The number of ether oxygens (including phenoxy) is 1. The first-order valence-electron chi connectivity index (χ1n) is 15.8. The van der Waals surface area contributed by atoms with E-state index in [-0.39, 0.29) is 24.1 Å². The number of carbonyl (C=O) groups is 2. The molecule has 2 aromatic carbocycles. The molecule has 0 radical (unpaired) electrons. The van der Waals surface area contributed by atoms with E-state index in [9.17, 15) is 19.6 Å². The number of nitrogens with one attached hydrogen (secondary N) is 2. The van der Waals surface area contributed by atoms with Crippen LogP contribution in [0.5, 0.6) is 0 Å². The Morgan fingerprint density at radius 3 is 2.48 bits per heavy atom. The molecule has 1 aliphatic carbocycles. The Hall–Kier alpha value is -4.19. The van der Waals surface area contributed by atoms with Gasteiger partial charge in [0.15, 0.2) is 0 Å². The summed E-state index contributed by atoms with van der Waals surface area (Å²) < 4.78 is 10.3. The van der Waals surface area contributed by atoms with E-state index in [1.165, 1.54) is 7.11 Å². The largest absolute Gasteiger partial charge is 0.469 e. The first-order chi connectivity index (χ1) is 21.3. The van der Waals surface area contributed by atoms with Gasteiger partial charge in [-0.25, -0.2) is 4.79 Å². The molecule has 1 aliphatic rings. The van der Waals surface area contributed by atoms with Crippen LogP contribution in [-0.4, -0.2) is 36.1 Å². The Kier molecular flexibility index (Phi) is 11.5. The minimum atomic E-state index is -0.796. The zero-order chi connectivity index (χ0) is 31.5. The summed E-state index contributed by atoms with van der Waals surface area (Å²) in [6.45, 7) is 4.52. The topological polar surface area (TPSA) is 134 Å². The third-order valence-electron chi connectivity index (χ3n) is 9.47. The summed E-state index contributed by atoms with van der Waals surface area (Å²) in [7, 11) is 1.33. The maximum Gasteiger partial charge on any atom is 0.441 e. The molecule has 9 heteroatoms. The Labute approximate surface area is 259 Å². The highest BCUT2D eigenvalue weighted by Gasteiger charge is 2.34. The van der Waals surface area contributed by atoms with Crippen molar-refractivity contribution in [3.8, 4) is 6.07 Å². The van der Waals surface area contributed by atoms with Crippen LogP contribution in [0.2, 0.25) is 0 Å². The van der Waals surface area contributed by atoms with Crippen molar-refractivity contribution >= 4 is 28.7 Å². The van der Waals surface area contributed by atoms with Crippen LogP contribution in [0.3, 0.4) is 0 Å². The van der Waals surface area contributed by atoms with Crippen LogP contribution in [0, 0.1) is 22.7 Å². The average molecular weight is 601 g/mol. The highest BCUT2D eigenvalue weighted by atomic mass is 16.5. The van der Waals surface area contributed by atoms with Gasteiger partial charge < -0.3 is 19.8 Å². The van der Waals surface area contributed by atoms with Crippen molar-refractivity contribution in [1.82, 2.24) is 10.3 Å². The van der Waals surface area contributed by atoms with Gasteiger partial charge in [0.05, 0.1) is 18.6 Å². The molecule has 3 aromatic rings. The maximum atomic E-state index is 13.8. The number of aromatic nitrogens is 1. The number of para-hydroxylation sites is 1. The van der Waals surface area contributed by atoms with Crippen LogP contribution in [0.4, 0.5) is 5.82 Å². The highest BCUT2D eigenvalue weighted by molar-refractivity contribution is 5.92. The van der Waals surface area contributed by atoms with E-state index in [1.54, 1.807) is 12.1 Å². The van der Waals surface area contributed by atoms with Crippen molar-refractivity contribution in [3.63, 3.8) is 0 Å². The lowest BCUT2D eigenvalue weighted by Crippen LogP contribution is -2.46. The van der Waals surface area contributed by atoms with Gasteiger partial charge in [-0.3, -0.25) is 9.59 Å². The number of fused-ring (bicyclic) bond motifs is 1. The van der Waals surface area contributed by atoms with Crippen molar-refractivity contribution in [2.45, 2.75) is 96.6 Å². The second-order valence-corrected chi connectivity index (χ2v) is 12.0. The van der Waals surface area contributed by atoms with Crippen LogP contribution in [0.1, 0.15) is 82.8 Å². The summed E-state index contributed by atoms with van der Waals surface area (Å²) in [6.07, 6.45) is 8.74. The van der Waals surface area contributed by atoms with Gasteiger partial charge in [0.2, 0.25) is 5.91 Å². The van der Waals surface area contributed by atoms with Gasteiger partial charge in [0.1, 0.15) is 23.5 Å². The number of hydrogen-bond acceptors (Lipinski definition) is 8. The minimum absolute atomic E-state index is 0.132. The molecular formula is C35H44N4O5. The van der Waals surface area contributed by atoms with Gasteiger partial charge in [0, 0.05) is 6.42 Å². The number of carbonyl (C=O) groups excluding carboxylic acids is 2. The SMILES string of the molecule is CCC1(CC)CCC(CC(Nc2nc(=O)oc3c(CCC(=O)OC)cccc23)C(=O)NC(C#N)CCc2ccccc2)CC1. The van der Waals surface area contributed by atoms with Crippen molar-refractivity contribution in [1.29, 1.82) is 5.26 Å². The fourth-order valence-corrected chi connectivity index (χ4v) is 6.41. The third kappa shape index (κ3) is 8.46. The maximum absolute atomic E-state index is 13.8. The molecule has 2 atom stereocenters. The van der Waals surface area contributed by atoms with E-state index in [0.29, 0.717) is 53.5 Å². The number of nitriles is 1. The minimum Gasteiger partial charge on any atom is -0.469 e. The third-order valence-corrected chi connectivity index (χ3v) is 9.47. The standard InChI is InChI=1S/C35H44N4O5/c1-4-35(5-2)20-18-25(19-21-35)22-29(33(41)37-27(23-36)16-14-24-10-7-6-8-11-24)38-32-28-13-9-12-26(15-17-30(40)43-3)31(28)44-34(42)39-32/h6-13,25,27,29H,4-5,14-22H2,1-3H3,(H,37,41)(H,38,39,42). The highest BCUT2D eigenvalue weighted by Crippen LogP contribution is 2.45. The fraction of sp³-hybridized carbons (Fsp3) is 0.514. The zero-order valence-corrected chi connectivity index (χ0v) is 26.1. The number of rotatable bonds is 14. The Morgan fingerprint density at radius 1 is 1.09 bits per heavy atom. The lowest BCUT2D eigenvalue weighted by atomic mass is 9.66. The summed E-state index contributed by atoms with van der Waals surface area (Å²) in [5.41, 5.74) is 2.46. The van der Waals surface area contributed by atoms with Gasteiger partial charge in [-0.1, -0.05) is 69.2 Å². The summed E-state index contributed by atoms with van der Waals surface area (Å²) in [5, 5.41) is 16.7. The van der Waals surface area contributed by atoms with E-state index in [0.717, 1.165) is 44.1 Å². The van der Waals surface area contributed by atoms with Crippen LogP contribution in [0.25, 0.3) is 11.0 Å². The summed E-state index contributed by atoms with van der Waals surface area (Å²) in [6, 6.07) is 16.1. The van der Waals surface area contributed by atoms with Crippen molar-refractivity contribution in [2.24, 2.45) is 11.3 Å². The van der Waals surface area contributed by atoms with E-state index in [4.69, 9.17) is 9.15 Å². The molecule has 1 heterocycles. The molecule has 1 amide bonds. The van der Waals surface area contributed by atoms with Gasteiger partial charge in [-0.2, -0.15) is 10.2 Å². The van der Waals surface area contributed by atoms with Crippen LogP contribution >= 0.6 is 0 Å². The summed E-state index contributed by atoms with van der Waals surface area (Å²) >= 11 is 0. The number of benzene rings is 2. The molecule has 0 spiro atoms. The molecule has 1 fully saturated rings. The molecule has 0 aliphatic heterocycles. The lowest BCUT2D eigenvalue weighted by molar-refractivity contribution is -0.140. The predicted octanol–water partition coefficient (Wildman–Crippen LogP) is 6.10. The number of nitrogens with zero attached hydrogens (tertiary/aromatic N) is 2. The monoisotopic (exact) mass is 600 g/mol. The molecule has 234 valence electrons. The number of hydrogen-bond donors (Lipinski definition) is 2. The van der Waals surface area contributed by atoms with E-state index in [2.05, 4.69) is 35.5 Å².